The van der Waals surface area contributed by atoms with Crippen molar-refractivity contribution in [1.29, 1.82) is 0 Å². The summed E-state index contributed by atoms with van der Waals surface area (Å²) < 4.78 is 19.6. The van der Waals surface area contributed by atoms with E-state index in [1.807, 2.05) is 0 Å². The van der Waals surface area contributed by atoms with Crippen LogP contribution < -0.4 is 10.1 Å². The Balaban J connectivity index is 0.00000181. The van der Waals surface area contributed by atoms with Crippen LogP contribution in [0.25, 0.3) is 22.4 Å². The topological polar surface area (TPSA) is 109 Å². The van der Waals surface area contributed by atoms with Crippen LogP contribution >= 0.6 is 24.8 Å². The lowest BCUT2D eigenvalue weighted by molar-refractivity contribution is 0.0491. The molecule has 0 saturated carbocycles. The molecule has 1 fully saturated rings. The third kappa shape index (κ3) is 5.65. The molecule has 3 aromatic rings. The van der Waals surface area contributed by atoms with Gasteiger partial charge in [0, 0.05) is 35.7 Å². The molecule has 0 atom stereocenters. The second-order valence-corrected chi connectivity index (χ2v) is 8.99. The molecule has 0 aliphatic carbocycles. The molecule has 3 heterocycles. The summed E-state index contributed by atoms with van der Waals surface area (Å²) in [5.41, 5.74) is 1.50. The maximum absolute atomic E-state index is 13.6. The number of hydrogen-bond acceptors (Lipinski definition) is 7. The minimum absolute atomic E-state index is 0. The first-order valence-electron chi connectivity index (χ1n) is 9.81. The fraction of sp³-hybridized carbons (Fsp3) is 0.429. The van der Waals surface area contributed by atoms with Crippen molar-refractivity contribution in [1.82, 2.24) is 30.7 Å². The van der Waals surface area contributed by atoms with Gasteiger partial charge in [0.05, 0.1) is 11.8 Å². The number of nitrogens with zero attached hydrogens (tertiary/aromatic N) is 4. The molecular formula is C21H27Cl2FN6O2. The molecule has 0 radical (unpaired) electrons. The monoisotopic (exact) mass is 484 g/mol. The van der Waals surface area contributed by atoms with E-state index in [4.69, 9.17) is 4.74 Å². The number of ether oxygens (including phenoxy) is 1. The predicted molar refractivity (Wildman–Crippen MR) is 124 cm³/mol. The molecular weight excluding hydrogens is 458 g/mol. The Labute approximate surface area is 198 Å². The van der Waals surface area contributed by atoms with Crippen molar-refractivity contribution in [2.75, 3.05) is 0 Å². The fourth-order valence-electron chi connectivity index (χ4n) is 4.29. The number of aromatic hydroxyl groups is 1. The van der Waals surface area contributed by atoms with E-state index in [1.54, 1.807) is 12.1 Å². The van der Waals surface area contributed by atoms with Crippen LogP contribution in [0.15, 0.2) is 30.6 Å². The van der Waals surface area contributed by atoms with Crippen molar-refractivity contribution < 1.29 is 14.2 Å². The number of H-pyrrole nitrogens is 1. The molecule has 11 heteroatoms. The quantitative estimate of drug-likeness (QED) is 0.506. The Kier molecular flexibility index (Phi) is 7.70. The maximum Gasteiger partial charge on any atom is 0.335 e. The lowest BCUT2D eigenvalue weighted by atomic mass is 9.81. The minimum Gasteiger partial charge on any atom is -0.507 e. The molecule has 0 spiro atoms. The van der Waals surface area contributed by atoms with Gasteiger partial charge in [-0.1, -0.05) is 11.2 Å². The molecule has 174 valence electrons. The smallest absolute Gasteiger partial charge is 0.335 e. The Morgan fingerprint density at radius 3 is 2.28 bits per heavy atom. The number of phenols is 1. The van der Waals surface area contributed by atoms with Crippen LogP contribution in [0.1, 0.15) is 40.5 Å². The number of aromatic nitrogens is 5. The van der Waals surface area contributed by atoms with Crippen molar-refractivity contribution >= 4 is 24.8 Å². The number of nitrogens with one attached hydrogen (secondary N) is 2. The first-order valence-corrected chi connectivity index (χ1v) is 9.81. The number of rotatable bonds is 4. The first kappa shape index (κ1) is 25.8. The lowest BCUT2D eigenvalue weighted by Gasteiger charge is -2.45. The lowest BCUT2D eigenvalue weighted by Crippen LogP contribution is -2.60. The number of aromatic amines is 1. The fourth-order valence-corrected chi connectivity index (χ4v) is 4.29. The first-order chi connectivity index (χ1) is 14.1. The number of benzene rings is 1. The van der Waals surface area contributed by atoms with E-state index < -0.39 is 5.95 Å². The van der Waals surface area contributed by atoms with E-state index in [0.29, 0.717) is 16.8 Å². The van der Waals surface area contributed by atoms with E-state index in [2.05, 4.69) is 58.4 Å². The van der Waals surface area contributed by atoms with Crippen LogP contribution in [0.5, 0.6) is 11.8 Å². The van der Waals surface area contributed by atoms with Gasteiger partial charge in [0.15, 0.2) is 0 Å². The molecule has 0 amide bonds. The summed E-state index contributed by atoms with van der Waals surface area (Å²) in [5, 5.41) is 28.1. The van der Waals surface area contributed by atoms with Crippen LogP contribution in [0.4, 0.5) is 4.39 Å². The third-order valence-electron chi connectivity index (χ3n) is 5.14. The van der Waals surface area contributed by atoms with E-state index in [9.17, 15) is 9.50 Å². The Bertz CT molecular complexity index is 1040. The van der Waals surface area contributed by atoms with Crippen molar-refractivity contribution in [2.45, 2.75) is 57.7 Å². The van der Waals surface area contributed by atoms with Crippen molar-refractivity contribution in [3.8, 4) is 34.1 Å². The molecule has 2 aromatic heterocycles. The Hall–Kier alpha value is -2.49. The minimum atomic E-state index is -0.630. The van der Waals surface area contributed by atoms with Gasteiger partial charge >= 0.3 is 6.01 Å². The standard InChI is InChI=1S/C21H25FN6O2.2ClH/c1-20(2)8-13(9-21(3,4)28-20)30-19-23-11-16(25-27-19)14-6-5-12(7-17(14)29)15-10-24-26-18(15)22;;/h5-7,10-11,13,28-29H,8-9H2,1-4H3,(H,24,26);2*1H. The van der Waals surface area contributed by atoms with Crippen LogP contribution in [0.3, 0.4) is 0 Å². The summed E-state index contributed by atoms with van der Waals surface area (Å²) in [4.78, 5) is 4.27. The summed E-state index contributed by atoms with van der Waals surface area (Å²) >= 11 is 0. The van der Waals surface area contributed by atoms with Crippen LogP contribution in [-0.4, -0.2) is 47.7 Å². The highest BCUT2D eigenvalue weighted by Crippen LogP contribution is 2.33. The van der Waals surface area contributed by atoms with Crippen LogP contribution in [0, 0.1) is 5.95 Å². The number of hydrogen-bond donors (Lipinski definition) is 3. The molecule has 0 bridgehead atoms. The molecule has 1 aliphatic heterocycles. The largest absolute Gasteiger partial charge is 0.507 e. The average Bonchev–Trinajstić information content (AvgIpc) is 3.06. The molecule has 1 aromatic carbocycles. The molecule has 0 unspecified atom stereocenters. The predicted octanol–water partition coefficient (Wildman–Crippen LogP) is 4.31. The summed E-state index contributed by atoms with van der Waals surface area (Å²) in [6.45, 7) is 8.59. The highest BCUT2D eigenvalue weighted by Gasteiger charge is 2.39. The van der Waals surface area contributed by atoms with E-state index in [-0.39, 0.29) is 59.3 Å². The van der Waals surface area contributed by atoms with E-state index >= 15 is 0 Å². The second kappa shape index (κ2) is 9.56. The summed E-state index contributed by atoms with van der Waals surface area (Å²) in [7, 11) is 0. The van der Waals surface area contributed by atoms with Crippen LogP contribution in [0.2, 0.25) is 0 Å². The van der Waals surface area contributed by atoms with Gasteiger partial charge in [-0.15, -0.1) is 35.0 Å². The molecule has 32 heavy (non-hydrogen) atoms. The van der Waals surface area contributed by atoms with Gasteiger partial charge in [-0.2, -0.15) is 4.39 Å². The molecule has 1 saturated heterocycles. The SMILES string of the molecule is CC1(C)CC(Oc2ncc(-c3ccc(-c4c[nH]nc4F)cc3O)nn2)CC(C)(C)N1.Cl.Cl. The molecule has 3 N–H and O–H groups in total. The second-order valence-electron chi connectivity index (χ2n) is 8.99. The Morgan fingerprint density at radius 2 is 1.75 bits per heavy atom. The van der Waals surface area contributed by atoms with E-state index in [1.165, 1.54) is 18.5 Å². The van der Waals surface area contributed by atoms with Crippen LogP contribution in [-0.2, 0) is 0 Å². The zero-order chi connectivity index (χ0) is 21.5. The van der Waals surface area contributed by atoms with Crippen molar-refractivity contribution in [2.24, 2.45) is 0 Å². The zero-order valence-electron chi connectivity index (χ0n) is 18.2. The zero-order valence-corrected chi connectivity index (χ0v) is 19.9. The normalized spacial score (nSPS) is 17.2. The highest BCUT2D eigenvalue weighted by atomic mass is 35.5. The number of halogens is 3. The van der Waals surface area contributed by atoms with Crippen molar-refractivity contribution in [3.63, 3.8) is 0 Å². The maximum atomic E-state index is 13.6. The van der Waals surface area contributed by atoms with Gasteiger partial charge in [-0.25, -0.2) is 4.98 Å². The van der Waals surface area contributed by atoms with Gasteiger partial charge in [-0.3, -0.25) is 5.10 Å². The Morgan fingerprint density at radius 1 is 1.06 bits per heavy atom. The summed E-state index contributed by atoms with van der Waals surface area (Å²) in [6, 6.07) is 4.97. The number of phenolic OH excluding ortho intramolecular Hbond substituents is 1. The van der Waals surface area contributed by atoms with E-state index in [0.717, 1.165) is 12.8 Å². The van der Waals surface area contributed by atoms with Gasteiger partial charge in [0.1, 0.15) is 17.5 Å². The molecule has 1 aliphatic rings. The molecule has 4 rings (SSSR count). The van der Waals surface area contributed by atoms with Gasteiger partial charge < -0.3 is 15.2 Å². The van der Waals surface area contributed by atoms with Crippen molar-refractivity contribution in [3.05, 3.63) is 36.5 Å². The summed E-state index contributed by atoms with van der Waals surface area (Å²) in [6.07, 6.45) is 4.57. The third-order valence-corrected chi connectivity index (χ3v) is 5.14. The van der Waals surface area contributed by atoms with Gasteiger partial charge in [0.25, 0.3) is 0 Å². The average molecular weight is 485 g/mol. The number of piperidine rings is 1. The highest BCUT2D eigenvalue weighted by molar-refractivity contribution is 5.85. The van der Waals surface area contributed by atoms with Gasteiger partial charge in [0.2, 0.25) is 5.95 Å². The van der Waals surface area contributed by atoms with Gasteiger partial charge in [-0.05, 0) is 45.4 Å². The summed E-state index contributed by atoms with van der Waals surface area (Å²) in [5.74, 6) is -0.686. The molecule has 8 nitrogen and oxygen atoms in total.